The standard InChI is InChI=1S/2C15H14N4O2/c1-16-15-17-6-5-12(19-15)13-8-10-7-9(14(20)21-2)3-4-11(10)18-13;1-17-15-18-8-7-12(19-15)5-3-10-9-11(14(20)21-2)4-6-13(10)16/h3-8,18H,1-2H3,(H,16,17,19);4,6-9H,16H2,1-2H3,(H,17,18,19). The van der Waals surface area contributed by atoms with E-state index < -0.39 is 5.97 Å². The number of H-pyrrole nitrogens is 1. The van der Waals surface area contributed by atoms with E-state index in [-0.39, 0.29) is 5.97 Å². The third-order valence-electron chi connectivity index (χ3n) is 5.88. The summed E-state index contributed by atoms with van der Waals surface area (Å²) in [6.07, 6.45) is 3.30. The molecule has 12 nitrogen and oxygen atoms in total. The first-order valence-electron chi connectivity index (χ1n) is 12.6. The van der Waals surface area contributed by atoms with E-state index in [1.807, 2.05) is 18.2 Å². The molecule has 2 aromatic carbocycles. The maximum absolute atomic E-state index is 11.6. The monoisotopic (exact) mass is 564 g/mol. The van der Waals surface area contributed by atoms with Crippen LogP contribution in [0.2, 0.25) is 0 Å². The summed E-state index contributed by atoms with van der Waals surface area (Å²) in [5.74, 6) is 6.05. The Morgan fingerprint density at radius 1 is 0.810 bits per heavy atom. The Labute approximate surface area is 241 Å². The molecule has 0 aliphatic rings. The molecule has 212 valence electrons. The van der Waals surface area contributed by atoms with Gasteiger partial charge in [-0.05, 0) is 60.5 Å². The number of nitrogens with zero attached hydrogens (tertiary/aromatic N) is 4. The van der Waals surface area contributed by atoms with Crippen molar-refractivity contribution in [2.75, 3.05) is 44.7 Å². The van der Waals surface area contributed by atoms with Gasteiger partial charge in [0.2, 0.25) is 11.9 Å². The Morgan fingerprint density at radius 2 is 1.45 bits per heavy atom. The molecule has 0 saturated heterocycles. The average molecular weight is 565 g/mol. The average Bonchev–Trinajstić information content (AvgIpc) is 3.48. The minimum absolute atomic E-state index is 0.348. The number of aromatic nitrogens is 5. The van der Waals surface area contributed by atoms with Crippen molar-refractivity contribution in [1.82, 2.24) is 24.9 Å². The molecule has 0 fully saturated rings. The van der Waals surface area contributed by atoms with Gasteiger partial charge >= 0.3 is 11.9 Å². The lowest BCUT2D eigenvalue weighted by atomic mass is 10.1. The highest BCUT2D eigenvalue weighted by atomic mass is 16.5. The summed E-state index contributed by atoms with van der Waals surface area (Å²) in [6.45, 7) is 0. The number of nitrogen functional groups attached to an aromatic ring is 1. The first-order valence-corrected chi connectivity index (χ1v) is 12.6. The van der Waals surface area contributed by atoms with Crippen LogP contribution in [0.1, 0.15) is 32.0 Å². The van der Waals surface area contributed by atoms with Crippen molar-refractivity contribution in [3.05, 3.63) is 89.4 Å². The molecule has 0 unspecified atom stereocenters. The molecule has 5 rings (SSSR count). The molecular formula is C30H28N8O4. The largest absolute Gasteiger partial charge is 0.465 e. The predicted octanol–water partition coefficient (Wildman–Crippen LogP) is 3.74. The third-order valence-corrected chi connectivity index (χ3v) is 5.88. The van der Waals surface area contributed by atoms with Gasteiger partial charge in [-0.3, -0.25) is 0 Å². The number of methoxy groups -OCH3 is 2. The van der Waals surface area contributed by atoms with Crippen LogP contribution in [0.15, 0.2) is 67.0 Å². The molecule has 42 heavy (non-hydrogen) atoms. The number of carbonyl (C=O) groups excluding carboxylic acids is 2. The fourth-order valence-electron chi connectivity index (χ4n) is 3.73. The normalized spacial score (nSPS) is 10.0. The van der Waals surface area contributed by atoms with Crippen molar-refractivity contribution in [2.45, 2.75) is 0 Å². The number of esters is 2. The van der Waals surface area contributed by atoms with Crippen LogP contribution in [-0.2, 0) is 9.47 Å². The van der Waals surface area contributed by atoms with E-state index in [4.69, 9.17) is 10.5 Å². The lowest BCUT2D eigenvalue weighted by Crippen LogP contribution is -2.02. The Hall–Kier alpha value is -5.96. The van der Waals surface area contributed by atoms with Crippen LogP contribution >= 0.6 is 0 Å². The number of nitrogens with two attached hydrogens (primary N) is 1. The molecule has 12 heteroatoms. The Balaban J connectivity index is 0.000000193. The highest BCUT2D eigenvalue weighted by molar-refractivity contribution is 5.96. The fourth-order valence-corrected chi connectivity index (χ4v) is 3.73. The van der Waals surface area contributed by atoms with Crippen LogP contribution in [0.4, 0.5) is 17.6 Å². The highest BCUT2D eigenvalue weighted by Gasteiger charge is 2.10. The highest BCUT2D eigenvalue weighted by Crippen LogP contribution is 2.24. The van der Waals surface area contributed by atoms with E-state index in [9.17, 15) is 9.59 Å². The second kappa shape index (κ2) is 13.4. The fraction of sp³-hybridized carbons (Fsp3) is 0.133. The molecule has 0 atom stereocenters. The zero-order chi connectivity index (χ0) is 30.1. The summed E-state index contributed by atoms with van der Waals surface area (Å²) in [4.78, 5) is 43.0. The molecule has 0 amide bonds. The maximum Gasteiger partial charge on any atom is 0.337 e. The van der Waals surface area contributed by atoms with Crippen LogP contribution in [0, 0.1) is 11.8 Å². The van der Waals surface area contributed by atoms with Crippen molar-refractivity contribution >= 4 is 40.4 Å². The Kier molecular flexibility index (Phi) is 9.26. The number of fused-ring (bicyclic) bond motifs is 1. The van der Waals surface area contributed by atoms with Gasteiger partial charge in [0.25, 0.3) is 0 Å². The number of carbonyl (C=O) groups is 2. The number of hydrogen-bond acceptors (Lipinski definition) is 11. The predicted molar refractivity (Wildman–Crippen MR) is 160 cm³/mol. The SMILES string of the molecule is CNc1nccc(-c2cc3cc(C(=O)OC)ccc3[nH]2)n1.CNc1nccc(C#Cc2cc(C(=O)OC)ccc2N)n1. The number of ether oxygens (including phenoxy) is 2. The quantitative estimate of drug-likeness (QED) is 0.139. The van der Waals surface area contributed by atoms with E-state index in [1.165, 1.54) is 14.2 Å². The summed E-state index contributed by atoms with van der Waals surface area (Å²) in [5, 5.41) is 6.67. The minimum atomic E-state index is -0.433. The van der Waals surface area contributed by atoms with Gasteiger partial charge in [-0.2, -0.15) is 0 Å². The lowest BCUT2D eigenvalue weighted by molar-refractivity contribution is 0.0592. The molecule has 0 spiro atoms. The number of rotatable bonds is 5. The molecule has 3 aromatic heterocycles. The van der Waals surface area contributed by atoms with E-state index in [0.717, 1.165) is 22.3 Å². The molecule has 0 bridgehead atoms. The van der Waals surface area contributed by atoms with Gasteiger partial charge < -0.3 is 30.8 Å². The van der Waals surface area contributed by atoms with Crippen molar-refractivity contribution in [3.63, 3.8) is 0 Å². The van der Waals surface area contributed by atoms with Gasteiger partial charge in [0.05, 0.1) is 36.7 Å². The van der Waals surface area contributed by atoms with Crippen molar-refractivity contribution in [3.8, 4) is 23.2 Å². The molecule has 3 heterocycles. The van der Waals surface area contributed by atoms with Crippen LogP contribution < -0.4 is 16.4 Å². The zero-order valence-electron chi connectivity index (χ0n) is 23.4. The van der Waals surface area contributed by atoms with Crippen molar-refractivity contribution in [1.29, 1.82) is 0 Å². The summed E-state index contributed by atoms with van der Waals surface area (Å²) >= 11 is 0. The number of benzene rings is 2. The van der Waals surface area contributed by atoms with E-state index in [2.05, 4.69) is 52.1 Å². The van der Waals surface area contributed by atoms with Gasteiger partial charge in [-0.1, -0.05) is 5.92 Å². The molecular weight excluding hydrogens is 536 g/mol. The van der Waals surface area contributed by atoms with E-state index in [0.29, 0.717) is 40.0 Å². The zero-order valence-corrected chi connectivity index (χ0v) is 23.4. The van der Waals surface area contributed by atoms with Gasteiger partial charge in [0, 0.05) is 48.6 Å². The number of anilines is 3. The Morgan fingerprint density at radius 3 is 2.14 bits per heavy atom. The van der Waals surface area contributed by atoms with Gasteiger partial charge in [-0.25, -0.2) is 29.5 Å². The van der Waals surface area contributed by atoms with Crippen molar-refractivity contribution < 1.29 is 19.1 Å². The molecule has 0 radical (unpaired) electrons. The van der Waals surface area contributed by atoms with Crippen LogP contribution in [0.5, 0.6) is 0 Å². The molecule has 0 aliphatic carbocycles. The minimum Gasteiger partial charge on any atom is -0.465 e. The molecule has 5 N–H and O–H groups in total. The molecule has 0 saturated carbocycles. The summed E-state index contributed by atoms with van der Waals surface area (Å²) < 4.78 is 9.40. The smallest absolute Gasteiger partial charge is 0.337 e. The number of aromatic amines is 1. The van der Waals surface area contributed by atoms with Crippen LogP contribution in [0.3, 0.4) is 0 Å². The second-order valence-electron chi connectivity index (χ2n) is 8.55. The van der Waals surface area contributed by atoms with E-state index >= 15 is 0 Å². The van der Waals surface area contributed by atoms with Crippen molar-refractivity contribution in [2.24, 2.45) is 0 Å². The number of hydrogen-bond donors (Lipinski definition) is 4. The molecule has 0 aliphatic heterocycles. The van der Waals surface area contributed by atoms with Crippen LogP contribution in [0.25, 0.3) is 22.3 Å². The first-order chi connectivity index (χ1) is 20.3. The second-order valence-corrected chi connectivity index (χ2v) is 8.55. The summed E-state index contributed by atoms with van der Waals surface area (Å²) in [5.41, 5.74) is 10.9. The third kappa shape index (κ3) is 6.97. The summed E-state index contributed by atoms with van der Waals surface area (Å²) in [7, 11) is 6.19. The Bertz CT molecular complexity index is 1810. The molecule has 5 aromatic rings. The first kappa shape index (κ1) is 29.0. The van der Waals surface area contributed by atoms with Gasteiger partial charge in [0.15, 0.2) is 0 Å². The topological polar surface area (TPSA) is 170 Å². The maximum atomic E-state index is 11.6. The van der Waals surface area contributed by atoms with Gasteiger partial charge in [0.1, 0.15) is 5.69 Å². The van der Waals surface area contributed by atoms with Crippen LogP contribution in [-0.4, -0.2) is 65.2 Å². The van der Waals surface area contributed by atoms with Gasteiger partial charge in [-0.15, -0.1) is 0 Å². The van der Waals surface area contributed by atoms with E-state index in [1.54, 1.807) is 62.9 Å². The lowest BCUT2D eigenvalue weighted by Gasteiger charge is -2.02. The summed E-state index contributed by atoms with van der Waals surface area (Å²) in [6, 6.07) is 15.6. The number of nitrogens with one attached hydrogen (secondary N) is 3.